The summed E-state index contributed by atoms with van der Waals surface area (Å²) in [6, 6.07) is 15.3. The van der Waals surface area contributed by atoms with E-state index < -0.39 is 6.10 Å². The Labute approximate surface area is 162 Å². The van der Waals surface area contributed by atoms with E-state index in [-0.39, 0.29) is 5.91 Å². The lowest BCUT2D eigenvalue weighted by Gasteiger charge is -2.19. The highest BCUT2D eigenvalue weighted by Crippen LogP contribution is 2.21. The summed E-state index contributed by atoms with van der Waals surface area (Å²) in [5, 5.41) is 2.94. The summed E-state index contributed by atoms with van der Waals surface area (Å²) in [6.45, 7) is 9.20. The van der Waals surface area contributed by atoms with E-state index in [2.05, 4.69) is 36.2 Å². The van der Waals surface area contributed by atoms with Crippen LogP contribution in [0.25, 0.3) is 0 Å². The second-order valence-corrected chi connectivity index (χ2v) is 6.34. The molecule has 1 N–H and O–H groups in total. The van der Waals surface area contributed by atoms with Crippen molar-refractivity contribution in [2.45, 2.75) is 39.8 Å². The topological polar surface area (TPSA) is 50.8 Å². The van der Waals surface area contributed by atoms with E-state index in [0.717, 1.165) is 25.3 Å². The lowest BCUT2D eigenvalue weighted by molar-refractivity contribution is -0.122. The van der Waals surface area contributed by atoms with Crippen LogP contribution in [-0.2, 0) is 11.3 Å². The third-order valence-electron chi connectivity index (χ3n) is 4.50. The summed E-state index contributed by atoms with van der Waals surface area (Å²) in [5.41, 5.74) is 2.01. The van der Waals surface area contributed by atoms with Gasteiger partial charge in [-0.3, -0.25) is 9.69 Å². The van der Waals surface area contributed by atoms with E-state index in [0.29, 0.717) is 17.9 Å². The molecule has 0 aromatic heterocycles. The van der Waals surface area contributed by atoms with E-state index in [1.807, 2.05) is 37.3 Å². The fourth-order valence-corrected chi connectivity index (χ4v) is 2.78. The highest BCUT2D eigenvalue weighted by atomic mass is 16.5. The first-order chi connectivity index (χ1) is 13.1. The SMILES string of the molecule is CC[C@@H](Oc1cccc(OC)c1)C(=O)Nc1ccc(CN(CC)CC)cc1. The van der Waals surface area contributed by atoms with E-state index >= 15 is 0 Å². The number of carbonyl (C=O) groups is 1. The number of hydrogen-bond donors (Lipinski definition) is 1. The molecule has 0 aliphatic rings. The van der Waals surface area contributed by atoms with Crippen LogP contribution in [0.2, 0.25) is 0 Å². The molecule has 0 radical (unpaired) electrons. The predicted octanol–water partition coefficient (Wildman–Crippen LogP) is 4.33. The number of methoxy groups -OCH3 is 1. The molecular weight excluding hydrogens is 340 g/mol. The summed E-state index contributed by atoms with van der Waals surface area (Å²) in [7, 11) is 1.60. The molecule has 2 aromatic carbocycles. The van der Waals surface area contributed by atoms with Crippen molar-refractivity contribution in [1.29, 1.82) is 0 Å². The largest absolute Gasteiger partial charge is 0.497 e. The molecular formula is C22H30N2O3. The van der Waals surface area contributed by atoms with Crippen molar-refractivity contribution < 1.29 is 14.3 Å². The number of benzene rings is 2. The Kier molecular flexibility index (Phi) is 8.14. The minimum Gasteiger partial charge on any atom is -0.497 e. The van der Waals surface area contributed by atoms with Crippen LogP contribution in [0.4, 0.5) is 5.69 Å². The molecule has 5 nitrogen and oxygen atoms in total. The molecule has 0 fully saturated rings. The summed E-state index contributed by atoms with van der Waals surface area (Å²) < 4.78 is 11.0. The van der Waals surface area contributed by atoms with Gasteiger partial charge in [-0.1, -0.05) is 39.0 Å². The van der Waals surface area contributed by atoms with Gasteiger partial charge < -0.3 is 14.8 Å². The zero-order valence-corrected chi connectivity index (χ0v) is 16.7. The second kappa shape index (κ2) is 10.6. The molecule has 5 heteroatoms. The van der Waals surface area contributed by atoms with Crippen molar-refractivity contribution in [3.63, 3.8) is 0 Å². The molecule has 1 atom stereocenters. The zero-order chi connectivity index (χ0) is 19.6. The van der Waals surface area contributed by atoms with Gasteiger partial charge in [0, 0.05) is 18.3 Å². The molecule has 146 valence electrons. The first-order valence-electron chi connectivity index (χ1n) is 9.52. The van der Waals surface area contributed by atoms with Crippen molar-refractivity contribution >= 4 is 11.6 Å². The number of carbonyl (C=O) groups excluding carboxylic acids is 1. The van der Waals surface area contributed by atoms with E-state index in [4.69, 9.17) is 9.47 Å². The summed E-state index contributed by atoms with van der Waals surface area (Å²) in [6.07, 6.45) is 0.00997. The minimum atomic E-state index is -0.563. The van der Waals surface area contributed by atoms with E-state index in [1.165, 1.54) is 5.56 Å². The van der Waals surface area contributed by atoms with Crippen LogP contribution in [0.15, 0.2) is 48.5 Å². The molecule has 0 heterocycles. The lowest BCUT2D eigenvalue weighted by Crippen LogP contribution is -2.32. The average molecular weight is 370 g/mol. The molecule has 0 saturated heterocycles. The fraction of sp³-hybridized carbons (Fsp3) is 0.409. The van der Waals surface area contributed by atoms with Gasteiger partial charge in [-0.15, -0.1) is 0 Å². The number of hydrogen-bond acceptors (Lipinski definition) is 4. The van der Waals surface area contributed by atoms with Crippen LogP contribution in [0.3, 0.4) is 0 Å². The van der Waals surface area contributed by atoms with Crippen LogP contribution < -0.4 is 14.8 Å². The Balaban J connectivity index is 1.97. The number of rotatable bonds is 10. The molecule has 27 heavy (non-hydrogen) atoms. The monoisotopic (exact) mass is 370 g/mol. The Morgan fingerprint density at radius 3 is 2.30 bits per heavy atom. The van der Waals surface area contributed by atoms with Crippen LogP contribution in [0.5, 0.6) is 11.5 Å². The van der Waals surface area contributed by atoms with Crippen molar-refractivity contribution in [3.05, 3.63) is 54.1 Å². The minimum absolute atomic E-state index is 0.156. The van der Waals surface area contributed by atoms with E-state index in [1.54, 1.807) is 13.2 Å². The molecule has 0 spiro atoms. The molecule has 0 aliphatic heterocycles. The van der Waals surface area contributed by atoms with Crippen LogP contribution in [0, 0.1) is 0 Å². The van der Waals surface area contributed by atoms with Gasteiger partial charge in [0.1, 0.15) is 11.5 Å². The first kappa shape index (κ1) is 20.8. The summed E-state index contributed by atoms with van der Waals surface area (Å²) >= 11 is 0. The standard InChI is InChI=1S/C22H30N2O3/c1-5-21(27-20-10-8-9-19(15-20)26-4)22(25)23-18-13-11-17(12-14-18)16-24(6-2)7-3/h8-15,21H,5-7,16H2,1-4H3,(H,23,25)/t21-/m1/s1. The highest BCUT2D eigenvalue weighted by Gasteiger charge is 2.19. The quantitative estimate of drug-likeness (QED) is 0.676. The molecule has 0 saturated carbocycles. The average Bonchev–Trinajstić information content (AvgIpc) is 2.71. The third kappa shape index (κ3) is 6.29. The first-order valence-corrected chi connectivity index (χ1v) is 9.52. The van der Waals surface area contributed by atoms with Gasteiger partial charge in [0.15, 0.2) is 6.10 Å². The molecule has 2 rings (SSSR count). The zero-order valence-electron chi connectivity index (χ0n) is 16.7. The number of ether oxygens (including phenoxy) is 2. The molecule has 2 aromatic rings. The van der Waals surface area contributed by atoms with Gasteiger partial charge in [0.2, 0.25) is 0 Å². The molecule has 0 aliphatic carbocycles. The predicted molar refractivity (Wildman–Crippen MR) is 109 cm³/mol. The Morgan fingerprint density at radius 1 is 1.04 bits per heavy atom. The molecule has 1 amide bonds. The summed E-state index contributed by atoms with van der Waals surface area (Å²) in [5.74, 6) is 1.16. The Morgan fingerprint density at radius 2 is 1.70 bits per heavy atom. The van der Waals surface area contributed by atoms with Crippen LogP contribution >= 0.6 is 0 Å². The van der Waals surface area contributed by atoms with Gasteiger partial charge in [-0.2, -0.15) is 0 Å². The Hall–Kier alpha value is -2.53. The number of nitrogens with one attached hydrogen (secondary N) is 1. The molecule has 0 bridgehead atoms. The normalized spacial score (nSPS) is 11.9. The van der Waals surface area contributed by atoms with Crippen molar-refractivity contribution in [1.82, 2.24) is 4.90 Å². The van der Waals surface area contributed by atoms with Gasteiger partial charge in [0.25, 0.3) is 5.91 Å². The second-order valence-electron chi connectivity index (χ2n) is 6.34. The molecule has 0 unspecified atom stereocenters. The van der Waals surface area contributed by atoms with Gasteiger partial charge >= 0.3 is 0 Å². The Bertz CT molecular complexity index is 712. The third-order valence-corrected chi connectivity index (χ3v) is 4.50. The van der Waals surface area contributed by atoms with Gasteiger partial charge in [-0.25, -0.2) is 0 Å². The smallest absolute Gasteiger partial charge is 0.265 e. The maximum Gasteiger partial charge on any atom is 0.265 e. The van der Waals surface area contributed by atoms with Gasteiger partial charge in [-0.05, 0) is 49.3 Å². The number of amides is 1. The maximum absolute atomic E-state index is 12.6. The lowest BCUT2D eigenvalue weighted by atomic mass is 10.2. The maximum atomic E-state index is 12.6. The van der Waals surface area contributed by atoms with Gasteiger partial charge in [0.05, 0.1) is 7.11 Å². The fourth-order valence-electron chi connectivity index (χ4n) is 2.78. The van der Waals surface area contributed by atoms with E-state index in [9.17, 15) is 4.79 Å². The summed E-state index contributed by atoms with van der Waals surface area (Å²) in [4.78, 5) is 14.9. The van der Waals surface area contributed by atoms with Crippen molar-refractivity contribution in [3.8, 4) is 11.5 Å². The van der Waals surface area contributed by atoms with Crippen LogP contribution in [-0.4, -0.2) is 37.1 Å². The van der Waals surface area contributed by atoms with Crippen molar-refractivity contribution in [2.75, 3.05) is 25.5 Å². The number of nitrogens with zero attached hydrogens (tertiary/aromatic N) is 1. The highest BCUT2D eigenvalue weighted by molar-refractivity contribution is 5.94. The van der Waals surface area contributed by atoms with Crippen molar-refractivity contribution in [2.24, 2.45) is 0 Å². The number of anilines is 1. The van der Waals surface area contributed by atoms with Crippen LogP contribution in [0.1, 0.15) is 32.8 Å².